The van der Waals surface area contributed by atoms with Gasteiger partial charge in [-0.15, -0.1) is 0 Å². The first kappa shape index (κ1) is 21.8. The standard InChI is InChI=1S/C19H20ClFN2O4S/c1-3-23(12-18(24)22-11-13-4-7-15(21)8-5-13)19(25)14-6-9-16(20)17(10-14)28(2,26)27/h4-10H,3,11-12H2,1-2H3,(H,22,24). The van der Waals surface area contributed by atoms with Gasteiger partial charge in [-0.25, -0.2) is 12.8 Å². The van der Waals surface area contributed by atoms with Crippen LogP contribution >= 0.6 is 11.6 Å². The van der Waals surface area contributed by atoms with E-state index >= 15 is 0 Å². The molecule has 0 heterocycles. The number of hydrogen-bond donors (Lipinski definition) is 1. The molecule has 0 saturated heterocycles. The summed E-state index contributed by atoms with van der Waals surface area (Å²) in [6.07, 6.45) is 1.00. The van der Waals surface area contributed by atoms with Gasteiger partial charge in [0.2, 0.25) is 5.91 Å². The largest absolute Gasteiger partial charge is 0.350 e. The van der Waals surface area contributed by atoms with Crippen LogP contribution in [0.5, 0.6) is 0 Å². The highest BCUT2D eigenvalue weighted by molar-refractivity contribution is 7.90. The van der Waals surface area contributed by atoms with Crippen molar-refractivity contribution in [3.05, 3.63) is 64.4 Å². The number of benzene rings is 2. The highest BCUT2D eigenvalue weighted by Gasteiger charge is 2.20. The average Bonchev–Trinajstić information content (AvgIpc) is 2.64. The number of likely N-dealkylation sites (N-methyl/N-ethyl adjacent to an activating group) is 1. The molecule has 0 aliphatic heterocycles. The van der Waals surface area contributed by atoms with Crippen molar-refractivity contribution >= 4 is 33.3 Å². The van der Waals surface area contributed by atoms with Crippen molar-refractivity contribution in [1.29, 1.82) is 0 Å². The molecule has 150 valence electrons. The van der Waals surface area contributed by atoms with E-state index in [2.05, 4.69) is 5.32 Å². The second-order valence-electron chi connectivity index (χ2n) is 6.14. The van der Waals surface area contributed by atoms with E-state index in [1.165, 1.54) is 35.2 Å². The Labute approximate surface area is 168 Å². The van der Waals surface area contributed by atoms with Crippen molar-refractivity contribution in [2.45, 2.75) is 18.4 Å². The van der Waals surface area contributed by atoms with Gasteiger partial charge >= 0.3 is 0 Å². The Morgan fingerprint density at radius 1 is 1.14 bits per heavy atom. The Bertz CT molecular complexity index is 978. The molecule has 0 aromatic heterocycles. The maximum absolute atomic E-state index is 12.9. The summed E-state index contributed by atoms with van der Waals surface area (Å²) in [6.45, 7) is 1.95. The topological polar surface area (TPSA) is 83.6 Å². The molecule has 0 atom stereocenters. The second kappa shape index (κ2) is 9.16. The fraction of sp³-hybridized carbons (Fsp3) is 0.263. The van der Waals surface area contributed by atoms with Gasteiger partial charge in [0.1, 0.15) is 5.82 Å². The van der Waals surface area contributed by atoms with Gasteiger partial charge in [-0.3, -0.25) is 9.59 Å². The van der Waals surface area contributed by atoms with Gasteiger partial charge in [-0.1, -0.05) is 23.7 Å². The van der Waals surface area contributed by atoms with Crippen LogP contribution in [0.15, 0.2) is 47.4 Å². The zero-order chi connectivity index (χ0) is 20.9. The van der Waals surface area contributed by atoms with Crippen molar-refractivity contribution in [3.8, 4) is 0 Å². The Balaban J connectivity index is 2.07. The highest BCUT2D eigenvalue weighted by Crippen LogP contribution is 2.23. The molecule has 0 aliphatic rings. The lowest BCUT2D eigenvalue weighted by atomic mass is 10.2. The molecule has 9 heteroatoms. The molecule has 0 fully saturated rings. The Morgan fingerprint density at radius 2 is 1.79 bits per heavy atom. The Kier molecular flexibility index (Phi) is 7.15. The minimum absolute atomic E-state index is 0.0270. The van der Waals surface area contributed by atoms with Crippen molar-refractivity contribution in [2.75, 3.05) is 19.3 Å². The molecule has 2 aromatic rings. The molecular weight excluding hydrogens is 407 g/mol. The van der Waals surface area contributed by atoms with Crippen molar-refractivity contribution < 1.29 is 22.4 Å². The van der Waals surface area contributed by atoms with Crippen molar-refractivity contribution in [2.24, 2.45) is 0 Å². The van der Waals surface area contributed by atoms with E-state index in [9.17, 15) is 22.4 Å². The summed E-state index contributed by atoms with van der Waals surface area (Å²) in [5, 5.41) is 2.69. The van der Waals surface area contributed by atoms with Crippen LogP contribution in [-0.4, -0.2) is 44.5 Å². The van der Waals surface area contributed by atoms with E-state index in [4.69, 9.17) is 11.6 Å². The van der Waals surface area contributed by atoms with Gasteiger partial charge in [-0.2, -0.15) is 0 Å². The number of carbonyl (C=O) groups excluding carboxylic acids is 2. The summed E-state index contributed by atoms with van der Waals surface area (Å²) in [4.78, 5) is 26.0. The molecule has 6 nitrogen and oxygen atoms in total. The summed E-state index contributed by atoms with van der Waals surface area (Å²) >= 11 is 5.90. The summed E-state index contributed by atoms with van der Waals surface area (Å²) < 4.78 is 36.5. The van der Waals surface area contributed by atoms with Crippen LogP contribution in [0.1, 0.15) is 22.8 Å². The summed E-state index contributed by atoms with van der Waals surface area (Å²) in [5.74, 6) is -1.24. The zero-order valence-corrected chi connectivity index (χ0v) is 17.0. The average molecular weight is 427 g/mol. The van der Waals surface area contributed by atoms with Gasteiger partial charge in [-0.05, 0) is 42.8 Å². The predicted molar refractivity (Wildman–Crippen MR) is 104 cm³/mol. The number of hydrogen-bond acceptors (Lipinski definition) is 4. The van der Waals surface area contributed by atoms with Crippen LogP contribution < -0.4 is 5.32 Å². The number of nitrogens with one attached hydrogen (secondary N) is 1. The maximum atomic E-state index is 12.9. The lowest BCUT2D eigenvalue weighted by molar-refractivity contribution is -0.121. The van der Waals surface area contributed by atoms with E-state index in [-0.39, 0.29) is 40.9 Å². The van der Waals surface area contributed by atoms with Crippen LogP contribution in [0.2, 0.25) is 5.02 Å². The van der Waals surface area contributed by atoms with E-state index in [0.29, 0.717) is 0 Å². The molecule has 0 radical (unpaired) electrons. The minimum Gasteiger partial charge on any atom is -0.350 e. The summed E-state index contributed by atoms with van der Waals surface area (Å²) in [6, 6.07) is 9.66. The van der Waals surface area contributed by atoms with Crippen molar-refractivity contribution in [1.82, 2.24) is 10.2 Å². The fourth-order valence-electron chi connectivity index (χ4n) is 2.46. The number of rotatable bonds is 7. The number of halogens is 2. The highest BCUT2D eigenvalue weighted by atomic mass is 35.5. The van der Waals surface area contributed by atoms with E-state index in [1.54, 1.807) is 19.1 Å². The third kappa shape index (κ3) is 5.77. The van der Waals surface area contributed by atoms with E-state index in [1.807, 2.05) is 0 Å². The number of carbonyl (C=O) groups is 2. The third-order valence-electron chi connectivity index (χ3n) is 3.98. The molecule has 0 aliphatic carbocycles. The van der Waals surface area contributed by atoms with E-state index < -0.39 is 21.7 Å². The molecule has 2 amide bonds. The van der Waals surface area contributed by atoms with Crippen LogP contribution in [0.25, 0.3) is 0 Å². The molecule has 0 bridgehead atoms. The Hall–Kier alpha value is -2.45. The Morgan fingerprint density at radius 3 is 2.36 bits per heavy atom. The molecule has 28 heavy (non-hydrogen) atoms. The maximum Gasteiger partial charge on any atom is 0.254 e. The smallest absolute Gasteiger partial charge is 0.254 e. The van der Waals surface area contributed by atoms with Crippen LogP contribution in [-0.2, 0) is 21.2 Å². The van der Waals surface area contributed by atoms with Crippen LogP contribution in [0.3, 0.4) is 0 Å². The van der Waals surface area contributed by atoms with Gasteiger partial charge in [0.25, 0.3) is 5.91 Å². The fourth-order valence-corrected chi connectivity index (χ4v) is 3.76. The molecule has 1 N–H and O–H groups in total. The third-order valence-corrected chi connectivity index (χ3v) is 5.56. The SMILES string of the molecule is CCN(CC(=O)NCc1ccc(F)cc1)C(=O)c1ccc(Cl)c(S(C)(=O)=O)c1. The first-order valence-corrected chi connectivity index (χ1v) is 10.7. The molecule has 0 saturated carbocycles. The van der Waals surface area contributed by atoms with Crippen LogP contribution in [0.4, 0.5) is 4.39 Å². The van der Waals surface area contributed by atoms with Crippen LogP contribution in [0, 0.1) is 5.82 Å². The lowest BCUT2D eigenvalue weighted by Gasteiger charge is -2.21. The normalized spacial score (nSPS) is 11.1. The number of amides is 2. The first-order valence-electron chi connectivity index (χ1n) is 8.42. The van der Waals surface area contributed by atoms with Gasteiger partial charge in [0.15, 0.2) is 9.84 Å². The predicted octanol–water partition coefficient (Wildman–Crippen LogP) is 2.66. The van der Waals surface area contributed by atoms with Gasteiger partial charge in [0.05, 0.1) is 16.5 Å². The molecular formula is C19H20ClFN2O4S. The number of nitrogens with zero attached hydrogens (tertiary/aromatic N) is 1. The zero-order valence-electron chi connectivity index (χ0n) is 15.4. The van der Waals surface area contributed by atoms with Gasteiger partial charge < -0.3 is 10.2 Å². The lowest BCUT2D eigenvalue weighted by Crippen LogP contribution is -2.40. The molecule has 0 unspecified atom stereocenters. The first-order chi connectivity index (χ1) is 13.1. The summed E-state index contributed by atoms with van der Waals surface area (Å²) in [7, 11) is -3.60. The minimum atomic E-state index is -3.60. The summed E-state index contributed by atoms with van der Waals surface area (Å²) in [5.41, 5.74) is 0.845. The monoisotopic (exact) mass is 426 g/mol. The van der Waals surface area contributed by atoms with Crippen molar-refractivity contribution in [3.63, 3.8) is 0 Å². The molecule has 0 spiro atoms. The van der Waals surface area contributed by atoms with Gasteiger partial charge in [0, 0.05) is 24.9 Å². The molecule has 2 aromatic carbocycles. The molecule has 2 rings (SSSR count). The van der Waals surface area contributed by atoms with E-state index in [0.717, 1.165) is 11.8 Å². The second-order valence-corrected chi connectivity index (χ2v) is 8.53. The quantitative estimate of drug-likeness (QED) is 0.737. The number of sulfone groups is 1.